The SMILES string of the molecule is O=C(C=Cc1ccc2nccnc2c1)c1ccc(F)cc1. The first-order valence-electron chi connectivity index (χ1n) is 6.41. The summed E-state index contributed by atoms with van der Waals surface area (Å²) in [6, 6.07) is 11.0. The van der Waals surface area contributed by atoms with Gasteiger partial charge in [0.1, 0.15) is 5.82 Å². The Labute approximate surface area is 120 Å². The van der Waals surface area contributed by atoms with Gasteiger partial charge in [0.15, 0.2) is 5.78 Å². The van der Waals surface area contributed by atoms with E-state index in [1.807, 2.05) is 18.2 Å². The van der Waals surface area contributed by atoms with Crippen molar-refractivity contribution in [3.63, 3.8) is 0 Å². The zero-order valence-corrected chi connectivity index (χ0v) is 11.0. The van der Waals surface area contributed by atoms with Crippen molar-refractivity contribution < 1.29 is 9.18 Å². The van der Waals surface area contributed by atoms with Gasteiger partial charge in [0, 0.05) is 18.0 Å². The molecule has 1 heterocycles. The first-order valence-corrected chi connectivity index (χ1v) is 6.41. The van der Waals surface area contributed by atoms with Crippen molar-refractivity contribution in [3.8, 4) is 0 Å². The largest absolute Gasteiger partial charge is 0.289 e. The van der Waals surface area contributed by atoms with Crippen LogP contribution < -0.4 is 0 Å². The van der Waals surface area contributed by atoms with Crippen LogP contribution in [0.1, 0.15) is 15.9 Å². The number of allylic oxidation sites excluding steroid dienone is 1. The van der Waals surface area contributed by atoms with E-state index in [0.717, 1.165) is 16.6 Å². The van der Waals surface area contributed by atoms with Crippen LogP contribution in [0.4, 0.5) is 4.39 Å². The van der Waals surface area contributed by atoms with E-state index in [1.165, 1.54) is 30.3 Å². The molecule has 0 saturated carbocycles. The fraction of sp³-hybridized carbons (Fsp3) is 0. The average molecular weight is 278 g/mol. The summed E-state index contributed by atoms with van der Waals surface area (Å²) >= 11 is 0. The summed E-state index contributed by atoms with van der Waals surface area (Å²) in [6.45, 7) is 0. The van der Waals surface area contributed by atoms with Crippen molar-refractivity contribution in [2.75, 3.05) is 0 Å². The molecule has 0 fully saturated rings. The first-order chi connectivity index (χ1) is 10.2. The zero-order chi connectivity index (χ0) is 14.7. The van der Waals surface area contributed by atoms with Crippen molar-refractivity contribution in [1.29, 1.82) is 0 Å². The third-order valence-electron chi connectivity index (χ3n) is 3.05. The van der Waals surface area contributed by atoms with Gasteiger partial charge in [-0.2, -0.15) is 0 Å². The Bertz CT molecular complexity index is 826. The molecule has 0 bridgehead atoms. The molecular formula is C17H11FN2O. The van der Waals surface area contributed by atoms with Gasteiger partial charge in [-0.1, -0.05) is 12.1 Å². The van der Waals surface area contributed by atoms with Gasteiger partial charge in [-0.3, -0.25) is 14.8 Å². The predicted molar refractivity (Wildman–Crippen MR) is 79.3 cm³/mol. The monoisotopic (exact) mass is 278 g/mol. The summed E-state index contributed by atoms with van der Waals surface area (Å²) in [7, 11) is 0. The zero-order valence-electron chi connectivity index (χ0n) is 11.0. The van der Waals surface area contributed by atoms with E-state index in [0.29, 0.717) is 5.56 Å². The molecular weight excluding hydrogens is 267 g/mol. The van der Waals surface area contributed by atoms with Crippen molar-refractivity contribution in [2.24, 2.45) is 0 Å². The van der Waals surface area contributed by atoms with Crippen LogP contribution in [0.3, 0.4) is 0 Å². The molecule has 3 aromatic rings. The van der Waals surface area contributed by atoms with E-state index in [2.05, 4.69) is 9.97 Å². The van der Waals surface area contributed by atoms with Crippen molar-refractivity contribution in [2.45, 2.75) is 0 Å². The number of rotatable bonds is 3. The number of hydrogen-bond donors (Lipinski definition) is 0. The molecule has 0 saturated heterocycles. The summed E-state index contributed by atoms with van der Waals surface area (Å²) in [5.41, 5.74) is 2.89. The highest BCUT2D eigenvalue weighted by atomic mass is 19.1. The number of carbonyl (C=O) groups is 1. The minimum absolute atomic E-state index is 0.172. The molecule has 3 nitrogen and oxygen atoms in total. The van der Waals surface area contributed by atoms with Gasteiger partial charge in [-0.05, 0) is 48.0 Å². The maximum absolute atomic E-state index is 12.8. The topological polar surface area (TPSA) is 42.9 Å². The summed E-state index contributed by atoms with van der Waals surface area (Å²) in [6.07, 6.45) is 6.43. The lowest BCUT2D eigenvalue weighted by atomic mass is 10.1. The third-order valence-corrected chi connectivity index (χ3v) is 3.05. The predicted octanol–water partition coefficient (Wildman–Crippen LogP) is 3.67. The Morgan fingerprint density at radius 3 is 2.43 bits per heavy atom. The van der Waals surface area contributed by atoms with Gasteiger partial charge in [0.25, 0.3) is 0 Å². The average Bonchev–Trinajstić information content (AvgIpc) is 2.53. The van der Waals surface area contributed by atoms with E-state index in [1.54, 1.807) is 18.5 Å². The summed E-state index contributed by atoms with van der Waals surface area (Å²) < 4.78 is 12.8. The Morgan fingerprint density at radius 2 is 1.67 bits per heavy atom. The van der Waals surface area contributed by atoms with E-state index in [4.69, 9.17) is 0 Å². The molecule has 0 radical (unpaired) electrons. The van der Waals surface area contributed by atoms with Crippen LogP contribution in [-0.2, 0) is 0 Å². The Hall–Kier alpha value is -2.88. The number of nitrogens with zero attached hydrogens (tertiary/aromatic N) is 2. The van der Waals surface area contributed by atoms with Crippen LogP contribution >= 0.6 is 0 Å². The van der Waals surface area contributed by atoms with E-state index in [-0.39, 0.29) is 11.6 Å². The molecule has 0 aliphatic rings. The molecule has 0 spiro atoms. The molecule has 4 heteroatoms. The number of fused-ring (bicyclic) bond motifs is 1. The van der Waals surface area contributed by atoms with Crippen LogP contribution in [0.2, 0.25) is 0 Å². The number of carbonyl (C=O) groups excluding carboxylic acids is 1. The van der Waals surface area contributed by atoms with Crippen LogP contribution in [0.5, 0.6) is 0 Å². The molecule has 21 heavy (non-hydrogen) atoms. The lowest BCUT2D eigenvalue weighted by Gasteiger charge is -1.98. The molecule has 3 rings (SSSR count). The number of benzene rings is 2. The van der Waals surface area contributed by atoms with Gasteiger partial charge in [-0.15, -0.1) is 0 Å². The first kappa shape index (κ1) is 13.1. The fourth-order valence-electron chi connectivity index (χ4n) is 1.97. The second kappa shape index (κ2) is 5.63. The molecule has 0 unspecified atom stereocenters. The van der Waals surface area contributed by atoms with Crippen LogP contribution in [0.25, 0.3) is 17.1 Å². The van der Waals surface area contributed by atoms with Crippen LogP contribution in [0.15, 0.2) is 60.9 Å². The van der Waals surface area contributed by atoms with E-state index < -0.39 is 0 Å². The van der Waals surface area contributed by atoms with Gasteiger partial charge < -0.3 is 0 Å². The lowest BCUT2D eigenvalue weighted by molar-refractivity contribution is 0.104. The van der Waals surface area contributed by atoms with E-state index >= 15 is 0 Å². The number of ketones is 1. The Kier molecular flexibility index (Phi) is 3.51. The second-order valence-electron chi connectivity index (χ2n) is 4.51. The Balaban J connectivity index is 1.83. The summed E-state index contributed by atoms with van der Waals surface area (Å²) in [4.78, 5) is 20.4. The van der Waals surface area contributed by atoms with Crippen molar-refractivity contribution >= 4 is 22.9 Å². The maximum Gasteiger partial charge on any atom is 0.185 e. The molecule has 0 aliphatic heterocycles. The van der Waals surface area contributed by atoms with Gasteiger partial charge in [-0.25, -0.2) is 4.39 Å². The maximum atomic E-state index is 12.8. The number of hydrogen-bond acceptors (Lipinski definition) is 3. The van der Waals surface area contributed by atoms with Crippen molar-refractivity contribution in [1.82, 2.24) is 9.97 Å². The number of aromatic nitrogens is 2. The molecule has 0 amide bonds. The van der Waals surface area contributed by atoms with Gasteiger partial charge >= 0.3 is 0 Å². The van der Waals surface area contributed by atoms with Crippen LogP contribution in [-0.4, -0.2) is 15.8 Å². The molecule has 0 atom stereocenters. The Morgan fingerprint density at radius 1 is 0.952 bits per heavy atom. The smallest absolute Gasteiger partial charge is 0.185 e. The van der Waals surface area contributed by atoms with Gasteiger partial charge in [0.05, 0.1) is 11.0 Å². The second-order valence-corrected chi connectivity index (χ2v) is 4.51. The lowest BCUT2D eigenvalue weighted by Crippen LogP contribution is -1.93. The molecule has 1 aromatic heterocycles. The van der Waals surface area contributed by atoms with Crippen LogP contribution in [0, 0.1) is 5.82 Å². The minimum atomic E-state index is -0.358. The molecule has 0 aliphatic carbocycles. The highest BCUT2D eigenvalue weighted by molar-refractivity contribution is 6.06. The fourth-order valence-corrected chi connectivity index (χ4v) is 1.97. The number of halogens is 1. The normalized spacial score (nSPS) is 11.1. The standard InChI is InChI=1S/C17H11FN2O/c18-14-5-3-13(4-6-14)17(21)8-2-12-1-7-15-16(11-12)20-10-9-19-15/h1-11H. The highest BCUT2D eigenvalue weighted by Crippen LogP contribution is 2.13. The highest BCUT2D eigenvalue weighted by Gasteiger charge is 2.02. The minimum Gasteiger partial charge on any atom is -0.289 e. The quantitative estimate of drug-likeness (QED) is 0.542. The van der Waals surface area contributed by atoms with Gasteiger partial charge in [0.2, 0.25) is 0 Å². The van der Waals surface area contributed by atoms with E-state index in [9.17, 15) is 9.18 Å². The molecule has 2 aromatic carbocycles. The third kappa shape index (κ3) is 3.00. The van der Waals surface area contributed by atoms with Crippen molar-refractivity contribution in [3.05, 3.63) is 77.9 Å². The molecule has 102 valence electrons. The summed E-state index contributed by atoms with van der Waals surface area (Å²) in [5.74, 6) is -0.530. The summed E-state index contributed by atoms with van der Waals surface area (Å²) in [5, 5.41) is 0. The molecule has 0 N–H and O–H groups in total.